The highest BCUT2D eigenvalue weighted by molar-refractivity contribution is 5.96. The topological polar surface area (TPSA) is 100 Å². The van der Waals surface area contributed by atoms with Gasteiger partial charge < -0.3 is 19.9 Å². The number of aromatic nitrogens is 2. The highest BCUT2D eigenvalue weighted by Gasteiger charge is 2.29. The summed E-state index contributed by atoms with van der Waals surface area (Å²) in [5.74, 6) is 1.63. The minimum absolute atomic E-state index is 0.101. The molecule has 2 aromatic rings. The van der Waals surface area contributed by atoms with E-state index in [1.54, 1.807) is 7.05 Å². The van der Waals surface area contributed by atoms with Crippen LogP contribution in [0.4, 0.5) is 10.6 Å². The summed E-state index contributed by atoms with van der Waals surface area (Å²) in [4.78, 5) is 42.1. The summed E-state index contributed by atoms with van der Waals surface area (Å²) in [5.41, 5.74) is 2.32. The minimum atomic E-state index is -0.106. The SMILES string of the molecule is CNC(=O)CCN(C=O)c1nn(C)c2cc(C3CCN(CC4CCN(C(=O)OC5CCCCC5)CC4)CC3)ccc12. The highest BCUT2D eigenvalue weighted by atomic mass is 16.6. The smallest absolute Gasteiger partial charge is 0.410 e. The van der Waals surface area contributed by atoms with Gasteiger partial charge in [-0.3, -0.25) is 19.2 Å². The lowest BCUT2D eigenvalue weighted by Gasteiger charge is -2.38. The summed E-state index contributed by atoms with van der Waals surface area (Å²) in [6.45, 7) is 5.20. The van der Waals surface area contributed by atoms with Crippen LogP contribution in [0.3, 0.4) is 0 Å². The first kappa shape index (κ1) is 29.4. The Morgan fingerprint density at radius 3 is 2.46 bits per heavy atom. The van der Waals surface area contributed by atoms with Crippen LogP contribution in [-0.2, 0) is 21.4 Å². The third kappa shape index (κ3) is 7.20. The number of carbonyl (C=O) groups excluding carboxylic acids is 3. The van der Waals surface area contributed by atoms with Crippen molar-refractivity contribution in [1.82, 2.24) is 24.9 Å². The molecule has 3 amide bonds. The van der Waals surface area contributed by atoms with E-state index in [0.29, 0.717) is 24.2 Å². The van der Waals surface area contributed by atoms with E-state index in [4.69, 9.17) is 4.74 Å². The first-order valence-electron chi connectivity index (χ1n) is 15.5. The van der Waals surface area contributed by atoms with Crippen LogP contribution in [0.5, 0.6) is 0 Å². The Bertz CT molecular complexity index is 1190. The van der Waals surface area contributed by atoms with Gasteiger partial charge in [0.15, 0.2) is 5.82 Å². The number of anilines is 1. The Labute approximate surface area is 243 Å². The molecule has 3 aliphatic rings. The molecule has 0 radical (unpaired) electrons. The van der Waals surface area contributed by atoms with E-state index in [1.807, 2.05) is 16.6 Å². The second-order valence-corrected chi connectivity index (χ2v) is 12.1. The van der Waals surface area contributed by atoms with Crippen LogP contribution < -0.4 is 10.2 Å². The molecule has 3 fully saturated rings. The molecule has 10 heteroatoms. The normalized spacial score (nSPS) is 19.8. The first-order valence-corrected chi connectivity index (χ1v) is 15.5. The monoisotopic (exact) mass is 566 g/mol. The quantitative estimate of drug-likeness (QED) is 0.460. The maximum absolute atomic E-state index is 12.6. The number of ether oxygens (including phenoxy) is 1. The largest absolute Gasteiger partial charge is 0.446 e. The maximum atomic E-state index is 12.6. The van der Waals surface area contributed by atoms with Crippen molar-refractivity contribution in [3.05, 3.63) is 23.8 Å². The van der Waals surface area contributed by atoms with E-state index in [0.717, 1.165) is 88.6 Å². The van der Waals surface area contributed by atoms with Crippen LogP contribution in [0.15, 0.2) is 18.2 Å². The van der Waals surface area contributed by atoms with Crippen LogP contribution >= 0.6 is 0 Å². The molecule has 41 heavy (non-hydrogen) atoms. The second-order valence-electron chi connectivity index (χ2n) is 12.1. The lowest BCUT2D eigenvalue weighted by atomic mass is 9.88. The van der Waals surface area contributed by atoms with Crippen molar-refractivity contribution in [1.29, 1.82) is 0 Å². The zero-order valence-corrected chi connectivity index (χ0v) is 24.7. The van der Waals surface area contributed by atoms with Gasteiger partial charge in [-0.1, -0.05) is 12.5 Å². The number of likely N-dealkylation sites (tertiary alicyclic amines) is 2. The Morgan fingerprint density at radius 2 is 1.78 bits per heavy atom. The second kappa shape index (κ2) is 13.7. The van der Waals surface area contributed by atoms with Gasteiger partial charge in [0.05, 0.1) is 5.52 Å². The Balaban J connectivity index is 1.10. The predicted octanol–water partition coefficient (Wildman–Crippen LogP) is 4.03. The molecular formula is C31H46N6O4. The zero-order valence-electron chi connectivity index (χ0n) is 24.7. The van der Waals surface area contributed by atoms with Gasteiger partial charge in [0.1, 0.15) is 6.10 Å². The van der Waals surface area contributed by atoms with E-state index in [2.05, 4.69) is 33.5 Å². The number of aryl methyl sites for hydroxylation is 1. The fourth-order valence-electron chi connectivity index (χ4n) is 6.79. The molecular weight excluding hydrogens is 520 g/mol. The van der Waals surface area contributed by atoms with Gasteiger partial charge in [-0.2, -0.15) is 5.10 Å². The molecule has 1 saturated carbocycles. The third-order valence-electron chi connectivity index (χ3n) is 9.38. The van der Waals surface area contributed by atoms with Gasteiger partial charge in [-0.25, -0.2) is 4.79 Å². The van der Waals surface area contributed by atoms with Crippen molar-refractivity contribution in [2.24, 2.45) is 13.0 Å². The predicted molar refractivity (Wildman–Crippen MR) is 159 cm³/mol. The number of hydrogen-bond acceptors (Lipinski definition) is 6. The van der Waals surface area contributed by atoms with Crippen molar-refractivity contribution in [3.8, 4) is 0 Å². The Morgan fingerprint density at radius 1 is 1.05 bits per heavy atom. The number of carbonyl (C=O) groups is 3. The average Bonchev–Trinajstić information content (AvgIpc) is 3.34. The summed E-state index contributed by atoms with van der Waals surface area (Å²) >= 11 is 0. The molecule has 0 atom stereocenters. The molecule has 0 spiro atoms. The number of amides is 3. The van der Waals surface area contributed by atoms with Gasteiger partial charge >= 0.3 is 6.09 Å². The van der Waals surface area contributed by atoms with Crippen LogP contribution in [0, 0.1) is 5.92 Å². The molecule has 224 valence electrons. The molecule has 0 bridgehead atoms. The van der Waals surface area contributed by atoms with Crippen molar-refractivity contribution < 1.29 is 19.1 Å². The number of nitrogens with zero attached hydrogens (tertiary/aromatic N) is 5. The summed E-state index contributed by atoms with van der Waals surface area (Å²) < 4.78 is 7.62. The number of rotatable bonds is 9. The van der Waals surface area contributed by atoms with Gasteiger partial charge in [-0.05, 0) is 94.0 Å². The molecule has 1 aromatic carbocycles. The number of piperidine rings is 2. The molecule has 0 unspecified atom stereocenters. The van der Waals surface area contributed by atoms with Gasteiger partial charge in [-0.15, -0.1) is 0 Å². The van der Waals surface area contributed by atoms with E-state index in [-0.39, 0.29) is 24.5 Å². The first-order chi connectivity index (χ1) is 19.9. The maximum Gasteiger partial charge on any atom is 0.410 e. The molecule has 1 N–H and O–H groups in total. The number of hydrogen-bond donors (Lipinski definition) is 1. The summed E-state index contributed by atoms with van der Waals surface area (Å²) in [6.07, 6.45) is 11.0. The molecule has 3 heterocycles. The van der Waals surface area contributed by atoms with Crippen LogP contribution in [-0.4, -0.2) is 90.4 Å². The molecule has 1 aromatic heterocycles. The van der Waals surface area contributed by atoms with Crippen molar-refractivity contribution >= 4 is 35.1 Å². The van der Waals surface area contributed by atoms with E-state index >= 15 is 0 Å². The zero-order chi connectivity index (χ0) is 28.8. The van der Waals surface area contributed by atoms with Gasteiger partial charge in [0.25, 0.3) is 0 Å². The van der Waals surface area contributed by atoms with Crippen LogP contribution in [0.25, 0.3) is 10.9 Å². The minimum Gasteiger partial charge on any atom is -0.446 e. The molecule has 2 saturated heterocycles. The number of benzene rings is 1. The molecule has 5 rings (SSSR count). The van der Waals surface area contributed by atoms with Crippen molar-refractivity contribution in [3.63, 3.8) is 0 Å². The highest BCUT2D eigenvalue weighted by Crippen LogP contribution is 2.34. The molecule has 10 nitrogen and oxygen atoms in total. The Hall–Kier alpha value is -3.14. The van der Waals surface area contributed by atoms with E-state index in [9.17, 15) is 14.4 Å². The van der Waals surface area contributed by atoms with Crippen LogP contribution in [0.1, 0.15) is 75.7 Å². The van der Waals surface area contributed by atoms with Crippen molar-refractivity contribution in [2.75, 3.05) is 51.2 Å². The average molecular weight is 567 g/mol. The summed E-state index contributed by atoms with van der Waals surface area (Å²) in [5, 5.41) is 8.13. The number of nitrogens with one attached hydrogen (secondary N) is 1. The fraction of sp³-hybridized carbons (Fsp3) is 0.677. The third-order valence-corrected chi connectivity index (χ3v) is 9.38. The lowest BCUT2D eigenvalue weighted by molar-refractivity contribution is -0.120. The fourth-order valence-corrected chi connectivity index (χ4v) is 6.79. The van der Waals surface area contributed by atoms with Gasteiger partial charge in [0, 0.05) is 52.1 Å². The Kier molecular flexibility index (Phi) is 9.80. The van der Waals surface area contributed by atoms with Crippen molar-refractivity contribution in [2.45, 2.75) is 76.2 Å². The number of fused-ring (bicyclic) bond motifs is 1. The summed E-state index contributed by atoms with van der Waals surface area (Å²) in [6, 6.07) is 6.47. The lowest BCUT2D eigenvalue weighted by Crippen LogP contribution is -2.44. The van der Waals surface area contributed by atoms with E-state index in [1.165, 1.54) is 29.7 Å². The van der Waals surface area contributed by atoms with E-state index < -0.39 is 0 Å². The van der Waals surface area contributed by atoms with Gasteiger partial charge in [0.2, 0.25) is 12.3 Å². The van der Waals surface area contributed by atoms with Crippen LogP contribution in [0.2, 0.25) is 0 Å². The standard InChI is InChI=1S/C31H46N6O4/c1-32-29(39)14-19-37(22-38)30-27-9-8-25(20-28(27)34(2)33-30)24-12-15-35(16-13-24)21-23-10-17-36(18-11-23)31(40)41-26-6-4-3-5-7-26/h8-9,20,22-24,26H,3-7,10-19,21H2,1-2H3,(H,32,39). The molecule has 2 aliphatic heterocycles. The summed E-state index contributed by atoms with van der Waals surface area (Å²) in [7, 11) is 3.50. The molecule has 1 aliphatic carbocycles.